The quantitative estimate of drug-likeness (QED) is 0.681. The zero-order chi connectivity index (χ0) is 17.4. The van der Waals surface area contributed by atoms with Crippen molar-refractivity contribution in [1.82, 2.24) is 14.4 Å². The monoisotopic (exact) mass is 379 g/mol. The molecule has 1 aliphatic heterocycles. The number of rotatable bonds is 5. The van der Waals surface area contributed by atoms with E-state index in [0.29, 0.717) is 30.4 Å². The number of hydrogen-bond donors (Lipinski definition) is 0. The van der Waals surface area contributed by atoms with Crippen LogP contribution < -0.4 is 0 Å². The molecule has 0 unspecified atom stereocenters. The number of halogens is 1. The maximum atomic E-state index is 13.2. The van der Waals surface area contributed by atoms with Crippen molar-refractivity contribution in [2.24, 2.45) is 0 Å². The molecule has 3 heterocycles. The Bertz CT molecular complexity index is 980. The minimum Gasteiger partial charge on any atom is -0.339 e. The second-order valence-corrected chi connectivity index (χ2v) is 8.62. The van der Waals surface area contributed by atoms with Gasteiger partial charge in [0.2, 0.25) is 21.7 Å². The van der Waals surface area contributed by atoms with Gasteiger partial charge in [0.25, 0.3) is 0 Å². The van der Waals surface area contributed by atoms with Crippen LogP contribution in [0.4, 0.5) is 4.39 Å². The Balaban J connectivity index is 1.41. The molecule has 0 aliphatic carbocycles. The topological polar surface area (TPSA) is 76.3 Å². The van der Waals surface area contributed by atoms with Gasteiger partial charge < -0.3 is 4.52 Å². The highest BCUT2D eigenvalue weighted by molar-refractivity contribution is 7.88. The third-order valence-electron chi connectivity index (χ3n) is 4.05. The summed E-state index contributed by atoms with van der Waals surface area (Å²) in [5.74, 6) is 0.181. The van der Waals surface area contributed by atoms with Crippen LogP contribution in [0.1, 0.15) is 17.4 Å². The standard InChI is InChI=1S/C16H14FN3O3S2/c17-14-3-1-2-11(6-14)10-25(21,22)20-7-13(8-20)16-18-15(19-23-16)12-4-5-24-9-12/h1-6,9,13H,7-8,10H2. The molecule has 4 rings (SSSR count). The lowest BCUT2D eigenvalue weighted by molar-refractivity contribution is 0.216. The van der Waals surface area contributed by atoms with Crippen molar-refractivity contribution in [2.75, 3.05) is 13.1 Å². The van der Waals surface area contributed by atoms with Gasteiger partial charge in [-0.1, -0.05) is 17.3 Å². The molecule has 1 aromatic carbocycles. The molecule has 0 amide bonds. The lowest BCUT2D eigenvalue weighted by Gasteiger charge is -2.35. The summed E-state index contributed by atoms with van der Waals surface area (Å²) in [6, 6.07) is 7.53. The van der Waals surface area contributed by atoms with Gasteiger partial charge in [0, 0.05) is 24.0 Å². The van der Waals surface area contributed by atoms with E-state index in [4.69, 9.17) is 4.52 Å². The summed E-state index contributed by atoms with van der Waals surface area (Å²) in [5.41, 5.74) is 1.32. The van der Waals surface area contributed by atoms with Crippen LogP contribution in [0.25, 0.3) is 11.4 Å². The van der Waals surface area contributed by atoms with Crippen LogP contribution in [0.5, 0.6) is 0 Å². The largest absolute Gasteiger partial charge is 0.339 e. The average Bonchev–Trinajstić information content (AvgIpc) is 3.15. The van der Waals surface area contributed by atoms with Crippen molar-refractivity contribution in [1.29, 1.82) is 0 Å². The van der Waals surface area contributed by atoms with E-state index < -0.39 is 15.8 Å². The van der Waals surface area contributed by atoms with Crippen molar-refractivity contribution in [2.45, 2.75) is 11.7 Å². The normalized spacial score (nSPS) is 16.0. The van der Waals surface area contributed by atoms with Gasteiger partial charge in [-0.25, -0.2) is 12.8 Å². The average molecular weight is 379 g/mol. The molecule has 1 aliphatic rings. The summed E-state index contributed by atoms with van der Waals surface area (Å²) < 4.78 is 44.6. The Labute approximate surface area is 148 Å². The number of thiophene rings is 1. The highest BCUT2D eigenvalue weighted by atomic mass is 32.2. The number of hydrogen-bond acceptors (Lipinski definition) is 6. The van der Waals surface area contributed by atoms with Crippen LogP contribution in [-0.2, 0) is 15.8 Å². The minimum absolute atomic E-state index is 0.109. The molecule has 0 radical (unpaired) electrons. The zero-order valence-electron chi connectivity index (χ0n) is 13.0. The molecule has 25 heavy (non-hydrogen) atoms. The van der Waals surface area contributed by atoms with E-state index in [0.717, 1.165) is 5.56 Å². The smallest absolute Gasteiger partial charge is 0.232 e. The van der Waals surface area contributed by atoms with Gasteiger partial charge in [0.15, 0.2) is 0 Å². The Morgan fingerprint density at radius 1 is 1.32 bits per heavy atom. The highest BCUT2D eigenvalue weighted by Gasteiger charge is 2.39. The van der Waals surface area contributed by atoms with Crippen LogP contribution in [0.15, 0.2) is 45.6 Å². The molecule has 0 atom stereocenters. The number of aromatic nitrogens is 2. The second kappa shape index (κ2) is 6.32. The lowest BCUT2D eigenvalue weighted by Crippen LogP contribution is -2.48. The molecule has 0 bridgehead atoms. The predicted octanol–water partition coefficient (Wildman–Crippen LogP) is 2.87. The summed E-state index contributed by atoms with van der Waals surface area (Å²) in [6.07, 6.45) is 0. The van der Waals surface area contributed by atoms with Crippen molar-refractivity contribution < 1.29 is 17.3 Å². The summed E-state index contributed by atoms with van der Waals surface area (Å²) in [7, 11) is -3.49. The van der Waals surface area contributed by atoms with Gasteiger partial charge in [0.05, 0.1) is 11.7 Å². The molecule has 2 aromatic heterocycles. The predicted molar refractivity (Wildman–Crippen MR) is 90.9 cm³/mol. The van der Waals surface area contributed by atoms with Crippen LogP contribution in [-0.4, -0.2) is 36.0 Å². The Morgan fingerprint density at radius 2 is 2.16 bits per heavy atom. The van der Waals surface area contributed by atoms with Crippen molar-refractivity contribution in [3.63, 3.8) is 0 Å². The van der Waals surface area contributed by atoms with E-state index in [1.165, 1.54) is 22.5 Å². The van der Waals surface area contributed by atoms with Crippen molar-refractivity contribution in [3.05, 3.63) is 58.4 Å². The first kappa shape index (κ1) is 16.4. The SMILES string of the molecule is O=S(=O)(Cc1cccc(F)c1)N1CC(c2nc(-c3ccsc3)no2)C1. The van der Waals surface area contributed by atoms with E-state index in [1.54, 1.807) is 17.4 Å². The third kappa shape index (κ3) is 3.35. The minimum atomic E-state index is -3.49. The summed E-state index contributed by atoms with van der Waals surface area (Å²) in [4.78, 5) is 4.34. The number of sulfonamides is 1. The molecule has 3 aromatic rings. The van der Waals surface area contributed by atoms with Gasteiger partial charge in [0.1, 0.15) is 5.82 Å². The number of nitrogens with zero attached hydrogens (tertiary/aromatic N) is 3. The molecule has 130 valence electrons. The van der Waals surface area contributed by atoms with Crippen molar-refractivity contribution >= 4 is 21.4 Å². The maximum absolute atomic E-state index is 13.2. The first-order valence-corrected chi connectivity index (χ1v) is 10.1. The fraction of sp³-hybridized carbons (Fsp3) is 0.250. The van der Waals surface area contributed by atoms with E-state index in [1.807, 2.05) is 16.8 Å². The van der Waals surface area contributed by atoms with E-state index >= 15 is 0 Å². The number of benzene rings is 1. The summed E-state index contributed by atoms with van der Waals surface area (Å²) in [5, 5.41) is 7.78. The molecular formula is C16H14FN3O3S2. The molecule has 0 saturated carbocycles. The molecule has 0 spiro atoms. The first-order valence-electron chi connectivity index (χ1n) is 7.60. The molecular weight excluding hydrogens is 365 g/mol. The van der Waals surface area contributed by atoms with Gasteiger partial charge in [-0.3, -0.25) is 0 Å². The van der Waals surface area contributed by atoms with Crippen LogP contribution in [0.3, 0.4) is 0 Å². The molecule has 0 N–H and O–H groups in total. The molecule has 9 heteroatoms. The van der Waals surface area contributed by atoms with Crippen molar-refractivity contribution in [3.8, 4) is 11.4 Å². The third-order valence-corrected chi connectivity index (χ3v) is 6.52. The fourth-order valence-electron chi connectivity index (χ4n) is 2.66. The van der Waals surface area contributed by atoms with Gasteiger partial charge in [-0.2, -0.15) is 20.6 Å². The second-order valence-electron chi connectivity index (χ2n) is 5.87. The first-order chi connectivity index (χ1) is 12.0. The summed E-state index contributed by atoms with van der Waals surface area (Å²) >= 11 is 1.54. The van der Waals surface area contributed by atoms with E-state index in [9.17, 15) is 12.8 Å². The van der Waals surface area contributed by atoms with E-state index in [2.05, 4.69) is 10.1 Å². The Hall–Kier alpha value is -2.10. The maximum Gasteiger partial charge on any atom is 0.232 e. The molecule has 6 nitrogen and oxygen atoms in total. The van der Waals surface area contributed by atoms with Crippen LogP contribution in [0, 0.1) is 5.82 Å². The van der Waals surface area contributed by atoms with Gasteiger partial charge in [-0.15, -0.1) is 0 Å². The fourth-order valence-corrected chi connectivity index (χ4v) is 4.89. The Kier molecular flexibility index (Phi) is 4.14. The van der Waals surface area contributed by atoms with Crippen LogP contribution >= 0.6 is 11.3 Å². The lowest BCUT2D eigenvalue weighted by atomic mass is 10.0. The Morgan fingerprint density at radius 3 is 2.88 bits per heavy atom. The van der Waals surface area contributed by atoms with E-state index in [-0.39, 0.29) is 11.7 Å². The van der Waals surface area contributed by atoms with Gasteiger partial charge in [-0.05, 0) is 29.1 Å². The molecule has 1 fully saturated rings. The van der Waals surface area contributed by atoms with Crippen LogP contribution in [0.2, 0.25) is 0 Å². The highest BCUT2D eigenvalue weighted by Crippen LogP contribution is 2.31. The molecule has 1 saturated heterocycles. The zero-order valence-corrected chi connectivity index (χ0v) is 14.6. The summed E-state index contributed by atoms with van der Waals surface area (Å²) in [6.45, 7) is 0.589. The van der Waals surface area contributed by atoms with Gasteiger partial charge >= 0.3 is 0 Å².